The number of rotatable bonds is 4. The summed E-state index contributed by atoms with van der Waals surface area (Å²) in [6, 6.07) is 0.345. The summed E-state index contributed by atoms with van der Waals surface area (Å²) >= 11 is 0. The number of H-pyrrole nitrogens is 1. The fourth-order valence-corrected chi connectivity index (χ4v) is 1.49. The van der Waals surface area contributed by atoms with E-state index in [1.807, 2.05) is 26.4 Å². The average molecular weight is 220 g/mol. The third-order valence-corrected chi connectivity index (χ3v) is 2.63. The average Bonchev–Trinajstić information content (AvgIpc) is 2.86. The number of hydrogen-bond acceptors (Lipinski definition) is 4. The maximum atomic E-state index is 5.23. The van der Waals surface area contributed by atoms with E-state index in [1.54, 1.807) is 0 Å². The van der Waals surface area contributed by atoms with Gasteiger partial charge in [0.25, 0.3) is 5.89 Å². The maximum Gasteiger partial charge on any atom is 0.259 e. The van der Waals surface area contributed by atoms with Crippen molar-refractivity contribution in [2.75, 3.05) is 7.05 Å². The summed E-state index contributed by atoms with van der Waals surface area (Å²) in [6.45, 7) is 4.09. The van der Waals surface area contributed by atoms with Crippen LogP contribution in [0.5, 0.6) is 0 Å². The standard InChI is InChI=1S/C11H16N4O/c1-7-5-13-6-9(7)11-14-10(15-16-11)4-8(2)12-3/h5-6,8,12-13H,4H2,1-3H3. The van der Waals surface area contributed by atoms with Gasteiger partial charge < -0.3 is 14.8 Å². The van der Waals surface area contributed by atoms with Crippen molar-refractivity contribution >= 4 is 0 Å². The van der Waals surface area contributed by atoms with Crippen LogP contribution in [0.25, 0.3) is 11.5 Å². The first kappa shape index (κ1) is 10.9. The second-order valence-electron chi connectivity index (χ2n) is 3.96. The van der Waals surface area contributed by atoms with Gasteiger partial charge in [-0.2, -0.15) is 4.98 Å². The predicted molar refractivity (Wildman–Crippen MR) is 61.0 cm³/mol. The van der Waals surface area contributed by atoms with Crippen molar-refractivity contribution in [3.63, 3.8) is 0 Å². The predicted octanol–water partition coefficient (Wildman–Crippen LogP) is 1.52. The van der Waals surface area contributed by atoms with E-state index >= 15 is 0 Å². The number of aromatic nitrogens is 3. The van der Waals surface area contributed by atoms with Gasteiger partial charge in [-0.25, -0.2) is 0 Å². The second kappa shape index (κ2) is 4.49. The molecular formula is C11H16N4O. The van der Waals surface area contributed by atoms with Gasteiger partial charge in [0.1, 0.15) is 0 Å². The largest absolute Gasteiger partial charge is 0.367 e. The minimum atomic E-state index is 0.345. The molecule has 0 aliphatic carbocycles. The summed E-state index contributed by atoms with van der Waals surface area (Å²) in [4.78, 5) is 7.38. The molecule has 5 heteroatoms. The van der Waals surface area contributed by atoms with Crippen molar-refractivity contribution in [1.82, 2.24) is 20.4 Å². The summed E-state index contributed by atoms with van der Waals surface area (Å²) in [7, 11) is 1.92. The first-order valence-corrected chi connectivity index (χ1v) is 5.34. The van der Waals surface area contributed by atoms with E-state index in [0.717, 1.165) is 23.4 Å². The smallest absolute Gasteiger partial charge is 0.259 e. The quantitative estimate of drug-likeness (QED) is 0.820. The number of nitrogens with zero attached hydrogens (tertiary/aromatic N) is 2. The second-order valence-corrected chi connectivity index (χ2v) is 3.96. The Hall–Kier alpha value is -1.62. The van der Waals surface area contributed by atoms with Crippen molar-refractivity contribution in [1.29, 1.82) is 0 Å². The van der Waals surface area contributed by atoms with Crippen LogP contribution in [0, 0.1) is 6.92 Å². The summed E-state index contributed by atoms with van der Waals surface area (Å²) in [6.07, 6.45) is 4.55. The molecule has 86 valence electrons. The van der Waals surface area contributed by atoms with Gasteiger partial charge in [-0.05, 0) is 26.5 Å². The molecule has 0 aliphatic heterocycles. The number of aromatic amines is 1. The molecule has 2 aromatic rings. The molecule has 0 aliphatic rings. The van der Waals surface area contributed by atoms with Crippen molar-refractivity contribution < 1.29 is 4.52 Å². The molecule has 2 heterocycles. The van der Waals surface area contributed by atoms with Crippen LogP contribution in [0.4, 0.5) is 0 Å². The molecule has 0 spiro atoms. The van der Waals surface area contributed by atoms with Gasteiger partial charge in [-0.1, -0.05) is 5.16 Å². The lowest BCUT2D eigenvalue weighted by Gasteiger charge is -2.04. The van der Waals surface area contributed by atoms with Gasteiger partial charge in [0.15, 0.2) is 5.82 Å². The molecule has 1 atom stereocenters. The third kappa shape index (κ3) is 2.14. The third-order valence-electron chi connectivity index (χ3n) is 2.63. The summed E-state index contributed by atoms with van der Waals surface area (Å²) in [5.41, 5.74) is 2.08. The highest BCUT2D eigenvalue weighted by Gasteiger charge is 2.13. The summed E-state index contributed by atoms with van der Waals surface area (Å²) in [5.74, 6) is 1.31. The van der Waals surface area contributed by atoms with E-state index in [9.17, 15) is 0 Å². The number of nitrogens with one attached hydrogen (secondary N) is 2. The maximum absolute atomic E-state index is 5.23. The molecule has 0 saturated heterocycles. The highest BCUT2D eigenvalue weighted by molar-refractivity contribution is 5.56. The Kier molecular flexibility index (Phi) is 3.05. The van der Waals surface area contributed by atoms with Crippen molar-refractivity contribution in [3.05, 3.63) is 23.8 Å². The fraction of sp³-hybridized carbons (Fsp3) is 0.455. The Labute approximate surface area is 94.3 Å². The molecule has 1 unspecified atom stereocenters. The van der Waals surface area contributed by atoms with Crippen LogP contribution in [0.1, 0.15) is 18.3 Å². The zero-order chi connectivity index (χ0) is 11.5. The zero-order valence-corrected chi connectivity index (χ0v) is 9.74. The molecule has 0 fully saturated rings. The monoisotopic (exact) mass is 220 g/mol. The molecule has 2 rings (SSSR count). The Morgan fingerprint density at radius 2 is 2.31 bits per heavy atom. The van der Waals surface area contributed by atoms with Crippen molar-refractivity contribution in [2.45, 2.75) is 26.3 Å². The topological polar surface area (TPSA) is 66.7 Å². The first-order valence-electron chi connectivity index (χ1n) is 5.34. The van der Waals surface area contributed by atoms with Crippen LogP contribution in [-0.4, -0.2) is 28.2 Å². The van der Waals surface area contributed by atoms with E-state index in [1.165, 1.54) is 0 Å². The van der Waals surface area contributed by atoms with E-state index in [2.05, 4.69) is 27.4 Å². The van der Waals surface area contributed by atoms with Crippen LogP contribution in [0.3, 0.4) is 0 Å². The lowest BCUT2D eigenvalue weighted by Crippen LogP contribution is -2.24. The van der Waals surface area contributed by atoms with Gasteiger partial charge in [0, 0.05) is 24.9 Å². The van der Waals surface area contributed by atoms with Gasteiger partial charge in [-0.15, -0.1) is 0 Å². The molecule has 2 N–H and O–H groups in total. The highest BCUT2D eigenvalue weighted by atomic mass is 16.5. The lowest BCUT2D eigenvalue weighted by atomic mass is 10.2. The minimum absolute atomic E-state index is 0.345. The van der Waals surface area contributed by atoms with Gasteiger partial charge in [-0.3, -0.25) is 0 Å². The Morgan fingerprint density at radius 1 is 1.50 bits per heavy atom. The first-order chi connectivity index (χ1) is 7.70. The Morgan fingerprint density at radius 3 is 2.94 bits per heavy atom. The van der Waals surface area contributed by atoms with E-state index in [0.29, 0.717) is 11.9 Å². The summed E-state index contributed by atoms with van der Waals surface area (Å²) in [5, 5.41) is 7.10. The molecule has 2 aromatic heterocycles. The number of aryl methyl sites for hydroxylation is 1. The number of hydrogen-bond donors (Lipinski definition) is 2. The van der Waals surface area contributed by atoms with Gasteiger partial charge in [0.05, 0.1) is 5.56 Å². The SMILES string of the molecule is CNC(C)Cc1noc(-c2c[nH]cc2C)n1. The van der Waals surface area contributed by atoms with Crippen LogP contribution in [0.15, 0.2) is 16.9 Å². The van der Waals surface area contributed by atoms with E-state index in [4.69, 9.17) is 4.52 Å². The molecule has 16 heavy (non-hydrogen) atoms. The van der Waals surface area contributed by atoms with Gasteiger partial charge in [0.2, 0.25) is 0 Å². The molecule has 0 aromatic carbocycles. The van der Waals surface area contributed by atoms with Crippen LogP contribution >= 0.6 is 0 Å². The molecule has 0 bridgehead atoms. The van der Waals surface area contributed by atoms with Crippen LogP contribution < -0.4 is 5.32 Å². The molecule has 0 radical (unpaired) electrons. The number of likely N-dealkylation sites (N-methyl/N-ethyl adjacent to an activating group) is 1. The fourth-order valence-electron chi connectivity index (χ4n) is 1.49. The van der Waals surface area contributed by atoms with Crippen LogP contribution in [-0.2, 0) is 6.42 Å². The molecule has 0 saturated carbocycles. The van der Waals surface area contributed by atoms with Crippen molar-refractivity contribution in [2.24, 2.45) is 0 Å². The summed E-state index contributed by atoms with van der Waals surface area (Å²) < 4.78 is 5.23. The molecule has 0 amide bonds. The zero-order valence-electron chi connectivity index (χ0n) is 9.74. The lowest BCUT2D eigenvalue weighted by molar-refractivity contribution is 0.418. The molecule has 5 nitrogen and oxygen atoms in total. The normalized spacial score (nSPS) is 12.9. The van der Waals surface area contributed by atoms with Gasteiger partial charge >= 0.3 is 0 Å². The Balaban J connectivity index is 2.17. The van der Waals surface area contributed by atoms with E-state index < -0.39 is 0 Å². The van der Waals surface area contributed by atoms with Crippen LogP contribution in [0.2, 0.25) is 0 Å². The highest BCUT2D eigenvalue weighted by Crippen LogP contribution is 2.20. The molecular weight excluding hydrogens is 204 g/mol. The van der Waals surface area contributed by atoms with Crippen molar-refractivity contribution in [3.8, 4) is 11.5 Å². The Bertz CT molecular complexity index is 460. The minimum Gasteiger partial charge on any atom is -0.367 e. The van der Waals surface area contributed by atoms with E-state index in [-0.39, 0.29) is 0 Å².